The topological polar surface area (TPSA) is 46.2 Å². The molecule has 0 bridgehead atoms. The highest BCUT2D eigenvalue weighted by Crippen LogP contribution is 2.37. The third kappa shape index (κ3) is 7.95. The summed E-state index contributed by atoms with van der Waals surface area (Å²) < 4.78 is 36.6. The second-order valence-electron chi connectivity index (χ2n) is 5.18. The van der Waals surface area contributed by atoms with E-state index in [9.17, 15) is 18.3 Å². The van der Waals surface area contributed by atoms with E-state index in [2.05, 4.69) is 13.8 Å². The van der Waals surface area contributed by atoms with Gasteiger partial charge in [0.1, 0.15) is 0 Å². The molecule has 0 aromatic heterocycles. The van der Waals surface area contributed by atoms with Crippen molar-refractivity contribution in [3.63, 3.8) is 0 Å². The zero-order chi connectivity index (χ0) is 15.3. The van der Waals surface area contributed by atoms with E-state index < -0.39 is 17.7 Å². The Morgan fingerprint density at radius 3 is 2.10 bits per heavy atom. The van der Waals surface area contributed by atoms with Crippen molar-refractivity contribution in [2.45, 2.75) is 49.2 Å². The fourth-order valence-corrected chi connectivity index (χ4v) is 2.34. The summed E-state index contributed by atoms with van der Waals surface area (Å²) in [6, 6.07) is 5.26. The molecule has 0 spiro atoms. The molecule has 2 nitrogen and oxygen atoms in total. The van der Waals surface area contributed by atoms with E-state index in [1.165, 1.54) is 24.3 Å². The normalized spacial score (nSPS) is 14.7. The van der Waals surface area contributed by atoms with Crippen molar-refractivity contribution in [2.75, 3.05) is 0 Å². The number of halogens is 4. The fourth-order valence-electron chi connectivity index (χ4n) is 1.80. The average molecular weight is 344 g/mol. The molecule has 0 heterocycles. The number of nitrogens with two attached hydrogens (primary N) is 1. The van der Waals surface area contributed by atoms with Gasteiger partial charge in [0.05, 0.1) is 12.1 Å². The molecule has 3 N–H and O–H groups in total. The number of thioether (sulfide) groups is 1. The Kier molecular flexibility index (Phi) is 8.70. The Labute approximate surface area is 133 Å². The number of aliphatic hydroxyl groups is 1. The van der Waals surface area contributed by atoms with Gasteiger partial charge in [-0.25, -0.2) is 0 Å². The summed E-state index contributed by atoms with van der Waals surface area (Å²) in [6.07, 6.45) is 0.757. The van der Waals surface area contributed by atoms with Crippen LogP contribution in [0, 0.1) is 5.92 Å². The van der Waals surface area contributed by atoms with Crippen molar-refractivity contribution in [2.24, 2.45) is 11.7 Å². The summed E-state index contributed by atoms with van der Waals surface area (Å²) in [6.45, 7) is 4.11. The van der Waals surface area contributed by atoms with E-state index >= 15 is 0 Å². The first-order valence-corrected chi connectivity index (χ1v) is 7.30. The molecule has 0 aliphatic carbocycles. The summed E-state index contributed by atoms with van der Waals surface area (Å²) >= 11 is -0.160. The van der Waals surface area contributed by atoms with Gasteiger partial charge >= 0.3 is 5.51 Å². The molecule has 0 aliphatic rings. The summed E-state index contributed by atoms with van der Waals surface area (Å²) in [5, 5.41) is 9.97. The minimum atomic E-state index is -4.29. The molecule has 122 valence electrons. The van der Waals surface area contributed by atoms with Gasteiger partial charge in [0, 0.05) is 4.90 Å². The fraction of sp³-hybridized carbons (Fsp3) is 0.571. The predicted molar refractivity (Wildman–Crippen MR) is 82.6 cm³/mol. The lowest BCUT2D eigenvalue weighted by Crippen LogP contribution is -2.26. The summed E-state index contributed by atoms with van der Waals surface area (Å²) in [4.78, 5) is 0.116. The maximum atomic E-state index is 12.2. The molecule has 0 radical (unpaired) electrons. The lowest BCUT2D eigenvalue weighted by atomic mass is 9.96. The van der Waals surface area contributed by atoms with Crippen molar-refractivity contribution >= 4 is 24.2 Å². The van der Waals surface area contributed by atoms with Crippen LogP contribution in [0.3, 0.4) is 0 Å². The molecular formula is C14H21ClF3NOS. The molecule has 0 fully saturated rings. The van der Waals surface area contributed by atoms with Gasteiger partial charge in [0.2, 0.25) is 0 Å². The zero-order valence-corrected chi connectivity index (χ0v) is 13.6. The average Bonchev–Trinajstić information content (AvgIpc) is 2.34. The van der Waals surface area contributed by atoms with Crippen molar-refractivity contribution in [3.05, 3.63) is 29.8 Å². The summed E-state index contributed by atoms with van der Waals surface area (Å²) in [7, 11) is 0. The minimum absolute atomic E-state index is 0. The van der Waals surface area contributed by atoms with E-state index in [0.29, 0.717) is 17.9 Å². The highest BCUT2D eigenvalue weighted by molar-refractivity contribution is 8.00. The van der Waals surface area contributed by atoms with Crippen molar-refractivity contribution in [3.8, 4) is 0 Å². The smallest absolute Gasteiger partial charge is 0.391 e. The van der Waals surface area contributed by atoms with Crippen molar-refractivity contribution < 1.29 is 18.3 Å². The van der Waals surface area contributed by atoms with Crippen LogP contribution < -0.4 is 5.73 Å². The Bertz CT molecular complexity index is 412. The third-order valence-electron chi connectivity index (χ3n) is 2.95. The van der Waals surface area contributed by atoms with Gasteiger partial charge < -0.3 is 10.8 Å². The second-order valence-corrected chi connectivity index (χ2v) is 6.32. The van der Waals surface area contributed by atoms with E-state index in [1.807, 2.05) is 0 Å². The SMILES string of the molecule is CC(C)CC[C@H](O)[C@H](N)c1ccc(SC(F)(F)F)cc1.Cl. The van der Waals surface area contributed by atoms with Crippen LogP contribution >= 0.6 is 24.2 Å². The largest absolute Gasteiger partial charge is 0.446 e. The molecule has 1 aromatic rings. The summed E-state index contributed by atoms with van der Waals surface area (Å²) in [5.41, 5.74) is 2.28. The third-order valence-corrected chi connectivity index (χ3v) is 3.69. The van der Waals surface area contributed by atoms with Crippen LogP contribution in [0.4, 0.5) is 13.2 Å². The van der Waals surface area contributed by atoms with Gasteiger partial charge in [-0.05, 0) is 48.2 Å². The highest BCUT2D eigenvalue weighted by atomic mass is 35.5. The molecule has 0 unspecified atom stereocenters. The van der Waals surface area contributed by atoms with Gasteiger partial charge in [-0.1, -0.05) is 26.0 Å². The number of hydrogen-bond acceptors (Lipinski definition) is 3. The number of benzene rings is 1. The van der Waals surface area contributed by atoms with Gasteiger partial charge in [0.25, 0.3) is 0 Å². The quantitative estimate of drug-likeness (QED) is 0.747. The molecule has 1 aromatic carbocycles. The van der Waals surface area contributed by atoms with Crippen LogP contribution in [-0.2, 0) is 0 Å². The first kappa shape index (κ1) is 20.6. The van der Waals surface area contributed by atoms with E-state index in [4.69, 9.17) is 5.73 Å². The standard InChI is InChI=1S/C14H20F3NOS.ClH/c1-9(2)3-8-12(19)13(18)10-4-6-11(7-5-10)20-14(15,16)17;/h4-7,9,12-13,19H,3,8,18H2,1-2H3;1H/t12-,13+;/m0./s1. The van der Waals surface area contributed by atoms with E-state index in [1.54, 1.807) is 0 Å². The second kappa shape index (κ2) is 8.88. The number of hydrogen-bond donors (Lipinski definition) is 2. The monoisotopic (exact) mass is 343 g/mol. The number of alkyl halides is 3. The van der Waals surface area contributed by atoms with Crippen LogP contribution in [0.5, 0.6) is 0 Å². The van der Waals surface area contributed by atoms with Crippen molar-refractivity contribution in [1.29, 1.82) is 0 Å². The highest BCUT2D eigenvalue weighted by Gasteiger charge is 2.29. The van der Waals surface area contributed by atoms with E-state index in [-0.39, 0.29) is 29.1 Å². The van der Waals surface area contributed by atoms with E-state index in [0.717, 1.165) is 6.42 Å². The maximum absolute atomic E-state index is 12.2. The summed E-state index contributed by atoms with van der Waals surface area (Å²) in [5.74, 6) is 0.474. The van der Waals surface area contributed by atoms with Crippen LogP contribution in [0.25, 0.3) is 0 Å². The van der Waals surface area contributed by atoms with Crippen molar-refractivity contribution in [1.82, 2.24) is 0 Å². The van der Waals surface area contributed by atoms with Gasteiger partial charge in [0.15, 0.2) is 0 Å². The first-order valence-electron chi connectivity index (χ1n) is 6.48. The van der Waals surface area contributed by atoms with Crippen LogP contribution in [0.2, 0.25) is 0 Å². The Hall–Kier alpha value is -0.430. The number of aliphatic hydroxyl groups excluding tert-OH is 1. The molecule has 0 saturated carbocycles. The molecule has 0 amide bonds. The first-order chi connectivity index (χ1) is 9.19. The molecule has 2 atom stereocenters. The Balaban J connectivity index is 0.00000400. The zero-order valence-electron chi connectivity index (χ0n) is 11.9. The lowest BCUT2D eigenvalue weighted by Gasteiger charge is -2.20. The Morgan fingerprint density at radius 2 is 1.67 bits per heavy atom. The van der Waals surface area contributed by atoms with Crippen LogP contribution in [0.15, 0.2) is 29.2 Å². The van der Waals surface area contributed by atoms with Gasteiger partial charge in [-0.2, -0.15) is 13.2 Å². The molecule has 0 saturated heterocycles. The molecule has 7 heteroatoms. The molecule has 1 rings (SSSR count). The van der Waals surface area contributed by atoms with Crippen LogP contribution in [0.1, 0.15) is 38.3 Å². The van der Waals surface area contributed by atoms with Gasteiger partial charge in [-0.15, -0.1) is 12.4 Å². The Morgan fingerprint density at radius 1 is 1.14 bits per heavy atom. The predicted octanol–water partition coefficient (Wildman–Crippen LogP) is 4.52. The number of rotatable bonds is 6. The maximum Gasteiger partial charge on any atom is 0.446 e. The molecule has 0 aliphatic heterocycles. The molecular weight excluding hydrogens is 323 g/mol. The van der Waals surface area contributed by atoms with Gasteiger partial charge in [-0.3, -0.25) is 0 Å². The lowest BCUT2D eigenvalue weighted by molar-refractivity contribution is -0.0328. The molecule has 21 heavy (non-hydrogen) atoms. The van der Waals surface area contributed by atoms with Crippen LogP contribution in [-0.4, -0.2) is 16.7 Å². The minimum Gasteiger partial charge on any atom is -0.391 e.